The minimum Gasteiger partial charge on any atom is -0.454 e. The number of benzene rings is 1. The average Bonchev–Trinajstić information content (AvgIpc) is 3.32. The first kappa shape index (κ1) is 29.7. The zero-order valence-electron chi connectivity index (χ0n) is 25.4. The van der Waals surface area contributed by atoms with E-state index in [1.807, 2.05) is 6.07 Å². The van der Waals surface area contributed by atoms with Crippen molar-refractivity contribution in [2.45, 2.75) is 97.0 Å². The van der Waals surface area contributed by atoms with E-state index in [0.717, 1.165) is 19.3 Å². The molecule has 6 rings (SSSR count). The summed E-state index contributed by atoms with van der Waals surface area (Å²) in [6.45, 7) is 7.87. The highest BCUT2D eigenvalue weighted by molar-refractivity contribution is 5.93. The largest absolute Gasteiger partial charge is 0.454 e. The number of rotatable bonds is 6. The molecule has 1 N–H and O–H groups in total. The minimum atomic E-state index is -0.828. The van der Waals surface area contributed by atoms with E-state index in [-0.39, 0.29) is 76.5 Å². The molecule has 8 atom stereocenters. The Kier molecular flexibility index (Phi) is 7.73. The van der Waals surface area contributed by atoms with Gasteiger partial charge in [-0.2, -0.15) is 0 Å². The van der Waals surface area contributed by atoms with Crippen molar-refractivity contribution in [1.82, 2.24) is 5.32 Å². The number of nitrogens with one attached hydrogen (secondary N) is 1. The van der Waals surface area contributed by atoms with Crippen LogP contribution >= 0.6 is 0 Å². The summed E-state index contributed by atoms with van der Waals surface area (Å²) in [6, 6.07) is 6.38. The van der Waals surface area contributed by atoms with Crippen LogP contribution in [0.2, 0.25) is 0 Å². The fourth-order valence-corrected chi connectivity index (χ4v) is 10.3. The Morgan fingerprint density at radius 2 is 1.81 bits per heavy atom. The average molecular weight is 580 g/mol. The van der Waals surface area contributed by atoms with Gasteiger partial charge in [-0.15, -0.1) is 0 Å². The van der Waals surface area contributed by atoms with Crippen LogP contribution in [0, 0.1) is 52.2 Å². The Bertz CT molecular complexity index is 1270. The fraction of sp³-hybridized carbons (Fsp3) is 0.714. The number of halogens is 1. The van der Waals surface area contributed by atoms with Gasteiger partial charge in [-0.25, -0.2) is 4.39 Å². The van der Waals surface area contributed by atoms with Crippen LogP contribution in [0.25, 0.3) is 0 Å². The van der Waals surface area contributed by atoms with Crippen molar-refractivity contribution >= 4 is 23.3 Å². The molecule has 1 aromatic rings. The van der Waals surface area contributed by atoms with Gasteiger partial charge in [-0.3, -0.25) is 19.2 Å². The van der Waals surface area contributed by atoms with Crippen LogP contribution in [0.1, 0.15) is 97.0 Å². The molecule has 1 saturated heterocycles. The van der Waals surface area contributed by atoms with E-state index in [0.29, 0.717) is 63.6 Å². The molecule has 1 heterocycles. The normalized spacial score (nSPS) is 38.3. The molecular weight excluding hydrogens is 533 g/mol. The second-order valence-electron chi connectivity index (χ2n) is 14.7. The Morgan fingerprint density at radius 3 is 2.55 bits per heavy atom. The number of piperidine rings is 1. The number of hydrogen-bond acceptors (Lipinski definition) is 6. The maximum Gasteiger partial charge on any atom is 0.306 e. The molecule has 5 aliphatic rings. The number of esters is 1. The molecule has 0 radical (unpaired) electrons. The highest BCUT2D eigenvalue weighted by Gasteiger charge is 2.66. The van der Waals surface area contributed by atoms with Crippen molar-refractivity contribution in [3.8, 4) is 0 Å². The molecule has 4 aliphatic carbocycles. The molecule has 0 unspecified atom stereocenters. The summed E-state index contributed by atoms with van der Waals surface area (Å²) in [7, 11) is 0. The third-order valence-electron chi connectivity index (χ3n) is 12.8. The molecule has 0 amide bonds. The van der Waals surface area contributed by atoms with Gasteiger partial charge in [0, 0.05) is 56.3 Å². The molecule has 0 aromatic heterocycles. The lowest BCUT2D eigenvalue weighted by molar-refractivity contribution is -0.166. The lowest BCUT2D eigenvalue weighted by Crippen LogP contribution is -2.60. The van der Waals surface area contributed by atoms with Gasteiger partial charge in [0.15, 0.2) is 0 Å². The van der Waals surface area contributed by atoms with Gasteiger partial charge >= 0.3 is 5.97 Å². The Hall–Kier alpha value is -2.41. The molecular formula is C35H46FNO5. The van der Waals surface area contributed by atoms with Crippen molar-refractivity contribution in [2.75, 3.05) is 13.1 Å². The molecule has 1 aliphatic heterocycles. The van der Waals surface area contributed by atoms with E-state index in [1.165, 1.54) is 12.1 Å². The molecule has 228 valence electrons. The van der Waals surface area contributed by atoms with Crippen LogP contribution in [0.15, 0.2) is 24.3 Å². The highest BCUT2D eigenvalue weighted by atomic mass is 19.1. The van der Waals surface area contributed by atoms with E-state index in [4.69, 9.17) is 4.74 Å². The number of ketones is 3. The lowest BCUT2D eigenvalue weighted by atomic mass is 9.44. The predicted octanol–water partition coefficient (Wildman–Crippen LogP) is 5.95. The number of Topliss-reactive ketones (excluding diaryl/α,β-unsaturated/α-hetero) is 3. The lowest BCUT2D eigenvalue weighted by Gasteiger charge is -2.58. The summed E-state index contributed by atoms with van der Waals surface area (Å²) in [6.07, 6.45) is 6.53. The van der Waals surface area contributed by atoms with Gasteiger partial charge < -0.3 is 10.1 Å². The summed E-state index contributed by atoms with van der Waals surface area (Å²) in [4.78, 5) is 53.2. The standard InChI is InChI=1S/C35H46FNO5/c1-21(7-10-31(41)42-35(13-15-37-16-14-35)22-5-4-6-24(36)17-22)26-8-9-27-32-28(20-30(40)34(26,27)3)33(2)12-11-25(38)18-23(33)19-29(32)39/h4-6,17,21,23,26-28,32,37H,7-16,18-20H2,1-3H3/t21-,23+,26-,27+,28+,32+,33+,34-/m1/s1. The first-order valence-corrected chi connectivity index (χ1v) is 16.2. The van der Waals surface area contributed by atoms with Gasteiger partial charge in [-0.05, 0) is 91.5 Å². The number of ether oxygens (including phenoxy) is 1. The van der Waals surface area contributed by atoms with E-state index in [1.54, 1.807) is 6.07 Å². The summed E-state index contributed by atoms with van der Waals surface area (Å²) < 4.78 is 20.2. The molecule has 0 bridgehead atoms. The third kappa shape index (κ3) is 4.78. The second kappa shape index (κ2) is 10.9. The van der Waals surface area contributed by atoms with E-state index < -0.39 is 11.0 Å². The van der Waals surface area contributed by atoms with E-state index >= 15 is 0 Å². The summed E-state index contributed by atoms with van der Waals surface area (Å²) in [5, 5.41) is 3.31. The topological polar surface area (TPSA) is 89.5 Å². The van der Waals surface area contributed by atoms with Crippen LogP contribution in [0.3, 0.4) is 0 Å². The van der Waals surface area contributed by atoms with Crippen LogP contribution in [-0.4, -0.2) is 36.4 Å². The van der Waals surface area contributed by atoms with E-state index in [9.17, 15) is 23.6 Å². The predicted molar refractivity (Wildman–Crippen MR) is 156 cm³/mol. The van der Waals surface area contributed by atoms with Crippen molar-refractivity contribution in [3.05, 3.63) is 35.6 Å². The fourth-order valence-electron chi connectivity index (χ4n) is 10.3. The molecule has 7 heteroatoms. The Balaban J connectivity index is 1.15. The number of carbonyl (C=O) groups is 4. The Labute approximate surface area is 248 Å². The van der Waals surface area contributed by atoms with Crippen molar-refractivity contribution in [2.24, 2.45) is 46.3 Å². The summed E-state index contributed by atoms with van der Waals surface area (Å²) in [5.41, 5.74) is -0.810. The van der Waals surface area contributed by atoms with Gasteiger partial charge in [0.1, 0.15) is 28.8 Å². The van der Waals surface area contributed by atoms with Gasteiger partial charge in [0.05, 0.1) is 0 Å². The Morgan fingerprint density at radius 1 is 1.05 bits per heavy atom. The van der Waals surface area contributed by atoms with Gasteiger partial charge in [-0.1, -0.05) is 32.9 Å². The molecule has 6 nitrogen and oxygen atoms in total. The molecule has 5 fully saturated rings. The molecule has 4 saturated carbocycles. The number of hydrogen-bond donors (Lipinski definition) is 1. The number of fused-ring (bicyclic) bond motifs is 5. The summed E-state index contributed by atoms with van der Waals surface area (Å²) in [5.74, 6) is 0.467. The van der Waals surface area contributed by atoms with Crippen molar-refractivity contribution in [3.63, 3.8) is 0 Å². The van der Waals surface area contributed by atoms with Crippen molar-refractivity contribution in [1.29, 1.82) is 0 Å². The minimum absolute atomic E-state index is 0.0375. The van der Waals surface area contributed by atoms with Crippen LogP contribution in [-0.2, 0) is 29.5 Å². The maximum atomic E-state index is 14.1. The quantitative estimate of drug-likeness (QED) is 0.419. The van der Waals surface area contributed by atoms with Crippen LogP contribution in [0.4, 0.5) is 4.39 Å². The van der Waals surface area contributed by atoms with Gasteiger partial charge in [0.25, 0.3) is 0 Å². The first-order valence-electron chi connectivity index (χ1n) is 16.2. The van der Waals surface area contributed by atoms with Gasteiger partial charge in [0.2, 0.25) is 0 Å². The highest BCUT2D eigenvalue weighted by Crippen LogP contribution is 2.66. The molecule has 42 heavy (non-hydrogen) atoms. The van der Waals surface area contributed by atoms with Crippen molar-refractivity contribution < 1.29 is 28.3 Å². The SMILES string of the molecule is C[C@H](CCC(=O)OC1(c2cccc(F)c2)CCNCC1)[C@H]1CC[C@H]2[C@@H]3C(=O)C[C@@H]4CC(=O)CC[C@]4(C)[C@H]3CC(=O)[C@]12C. The van der Waals surface area contributed by atoms with E-state index in [2.05, 4.69) is 26.1 Å². The van der Waals surface area contributed by atoms with Crippen LogP contribution in [0.5, 0.6) is 0 Å². The second-order valence-corrected chi connectivity index (χ2v) is 14.7. The van der Waals surface area contributed by atoms with Crippen LogP contribution < -0.4 is 5.32 Å². The zero-order chi connectivity index (χ0) is 29.9. The zero-order valence-corrected chi connectivity index (χ0v) is 25.4. The molecule has 0 spiro atoms. The monoisotopic (exact) mass is 579 g/mol. The molecule has 1 aromatic carbocycles. The summed E-state index contributed by atoms with van der Waals surface area (Å²) >= 11 is 0. The maximum absolute atomic E-state index is 14.1. The smallest absolute Gasteiger partial charge is 0.306 e. The third-order valence-corrected chi connectivity index (χ3v) is 12.8. The first-order chi connectivity index (χ1) is 20.0. The number of carbonyl (C=O) groups excluding carboxylic acids is 4.